The first-order valence-corrected chi connectivity index (χ1v) is 9.25. The maximum Gasteiger partial charge on any atom is 0.267 e. The van der Waals surface area contributed by atoms with Crippen LogP contribution in [-0.4, -0.2) is 18.4 Å². The zero-order valence-corrected chi connectivity index (χ0v) is 13.9. The monoisotopic (exact) mass is 389 g/mol. The summed E-state index contributed by atoms with van der Waals surface area (Å²) < 4.78 is 27.9. The summed E-state index contributed by atoms with van der Waals surface area (Å²) in [6.07, 6.45) is 3.70. The molecule has 112 valence electrons. The number of hydrogen-bond acceptors (Lipinski definition) is 7. The molecule has 0 radical (unpaired) electrons. The zero-order valence-electron chi connectivity index (χ0n) is 10.7. The number of nitrogens with one attached hydrogen (secondary N) is 2. The van der Waals surface area contributed by atoms with E-state index in [2.05, 4.69) is 36.0 Å². The van der Waals surface area contributed by atoms with E-state index in [1.807, 2.05) is 5.38 Å². The molecule has 2 heterocycles. The Hall–Kier alpha value is -1.23. The first-order chi connectivity index (χ1) is 9.99. The number of thiazole rings is 1. The summed E-state index contributed by atoms with van der Waals surface area (Å²) in [5.74, 6) is 5.86. The number of aromatic nitrogens is 2. The summed E-state index contributed by atoms with van der Waals surface area (Å²) in [6, 6.07) is 1.43. The molecule has 1 saturated carbocycles. The third-order valence-electron chi connectivity index (χ3n) is 2.98. The maximum absolute atomic E-state index is 12.4. The molecule has 0 aromatic carbocycles. The number of hydrazine groups is 1. The second-order valence-electron chi connectivity index (χ2n) is 4.60. The van der Waals surface area contributed by atoms with Crippen LogP contribution < -0.4 is 16.0 Å². The average Bonchev–Trinajstić information content (AvgIpc) is 3.20. The van der Waals surface area contributed by atoms with Gasteiger partial charge >= 0.3 is 0 Å². The van der Waals surface area contributed by atoms with Gasteiger partial charge in [-0.1, -0.05) is 0 Å². The lowest BCUT2D eigenvalue weighted by Crippen LogP contribution is -2.18. The predicted molar refractivity (Wildman–Crippen MR) is 84.6 cm³/mol. The molecule has 0 bridgehead atoms. The fourth-order valence-corrected chi connectivity index (χ4v) is 4.48. The molecule has 0 atom stereocenters. The maximum atomic E-state index is 12.4. The second kappa shape index (κ2) is 5.52. The van der Waals surface area contributed by atoms with E-state index in [-0.39, 0.29) is 10.7 Å². The van der Waals surface area contributed by atoms with Gasteiger partial charge in [0.1, 0.15) is 4.90 Å². The lowest BCUT2D eigenvalue weighted by molar-refractivity contribution is 0.601. The van der Waals surface area contributed by atoms with E-state index in [0.29, 0.717) is 15.5 Å². The average molecular weight is 390 g/mol. The molecule has 7 nitrogen and oxygen atoms in total. The van der Waals surface area contributed by atoms with Gasteiger partial charge in [0, 0.05) is 22.0 Å². The lowest BCUT2D eigenvalue weighted by Gasteiger charge is -2.09. The Labute approximate surface area is 134 Å². The Morgan fingerprint density at radius 3 is 2.86 bits per heavy atom. The number of nitrogens with zero attached hydrogens (tertiary/aromatic N) is 2. The Morgan fingerprint density at radius 1 is 1.43 bits per heavy atom. The van der Waals surface area contributed by atoms with E-state index in [1.54, 1.807) is 0 Å². The quantitative estimate of drug-likeness (QED) is 0.534. The Bertz CT molecular complexity index is 773. The molecule has 1 fully saturated rings. The molecular formula is C11H12BrN5O2S2. The van der Waals surface area contributed by atoms with Gasteiger partial charge in [-0.15, -0.1) is 11.3 Å². The largest absolute Gasteiger partial charge is 0.307 e. The van der Waals surface area contributed by atoms with E-state index < -0.39 is 10.0 Å². The molecule has 0 saturated heterocycles. The molecule has 10 heteroatoms. The molecule has 2 aromatic rings. The molecule has 2 aromatic heterocycles. The minimum atomic E-state index is -3.81. The molecule has 0 spiro atoms. The molecule has 1 aliphatic carbocycles. The lowest BCUT2D eigenvalue weighted by atomic mass is 10.3. The standard InChI is InChI=1S/C11H12BrN5O2S2/c12-7-3-9(10(16-13)14-4-7)21(18,19)17-11-15-8(5-20-11)6-1-2-6/h3-6H,1-2,13H2,(H,14,16)(H,15,17). The highest BCUT2D eigenvalue weighted by atomic mass is 79.9. The molecular weight excluding hydrogens is 378 g/mol. The van der Waals surface area contributed by atoms with Gasteiger partial charge in [0.05, 0.1) is 5.69 Å². The van der Waals surface area contributed by atoms with Gasteiger partial charge in [-0.2, -0.15) is 0 Å². The number of hydrogen-bond donors (Lipinski definition) is 3. The minimum Gasteiger partial charge on any atom is -0.307 e. The van der Waals surface area contributed by atoms with Crippen molar-refractivity contribution in [1.29, 1.82) is 0 Å². The fourth-order valence-electron chi connectivity index (χ4n) is 1.80. The van der Waals surface area contributed by atoms with Crippen molar-refractivity contribution < 1.29 is 8.42 Å². The number of halogens is 1. The van der Waals surface area contributed by atoms with Crippen LogP contribution in [0.2, 0.25) is 0 Å². The van der Waals surface area contributed by atoms with Crippen LogP contribution >= 0.6 is 27.3 Å². The van der Waals surface area contributed by atoms with Crippen LogP contribution in [0.4, 0.5) is 10.9 Å². The Morgan fingerprint density at radius 2 is 2.19 bits per heavy atom. The van der Waals surface area contributed by atoms with Crippen molar-refractivity contribution in [2.45, 2.75) is 23.7 Å². The highest BCUT2D eigenvalue weighted by Gasteiger charge is 2.27. The minimum absolute atomic E-state index is 0.0393. The second-order valence-corrected chi connectivity index (χ2v) is 8.03. The number of pyridine rings is 1. The number of nitrogen functional groups attached to an aromatic ring is 1. The first kappa shape index (κ1) is 14.7. The topological polar surface area (TPSA) is 110 Å². The van der Waals surface area contributed by atoms with Crippen LogP contribution in [0.15, 0.2) is 27.0 Å². The first-order valence-electron chi connectivity index (χ1n) is 6.10. The van der Waals surface area contributed by atoms with Crippen molar-refractivity contribution in [3.8, 4) is 0 Å². The zero-order chi connectivity index (χ0) is 15.0. The van der Waals surface area contributed by atoms with E-state index >= 15 is 0 Å². The number of nitrogens with two attached hydrogens (primary N) is 1. The van der Waals surface area contributed by atoms with Crippen LogP contribution in [0.25, 0.3) is 0 Å². The van der Waals surface area contributed by atoms with E-state index in [4.69, 9.17) is 5.84 Å². The van der Waals surface area contributed by atoms with Gasteiger partial charge in [-0.3, -0.25) is 4.72 Å². The summed E-state index contributed by atoms with van der Waals surface area (Å²) in [7, 11) is -3.81. The van der Waals surface area contributed by atoms with Crippen LogP contribution in [-0.2, 0) is 10.0 Å². The van der Waals surface area contributed by atoms with Crippen molar-refractivity contribution in [3.63, 3.8) is 0 Å². The van der Waals surface area contributed by atoms with E-state index in [9.17, 15) is 8.42 Å². The van der Waals surface area contributed by atoms with Gasteiger partial charge in [-0.25, -0.2) is 24.2 Å². The predicted octanol–water partition coefficient (Wildman–Crippen LogP) is 2.26. The van der Waals surface area contributed by atoms with E-state index in [0.717, 1.165) is 18.5 Å². The summed E-state index contributed by atoms with van der Waals surface area (Å²) in [6.45, 7) is 0. The SMILES string of the molecule is NNc1ncc(Br)cc1S(=O)(=O)Nc1nc(C2CC2)cs1. The molecule has 3 rings (SSSR count). The smallest absolute Gasteiger partial charge is 0.267 e. The summed E-state index contributed by atoms with van der Waals surface area (Å²) in [5.41, 5.74) is 3.23. The van der Waals surface area contributed by atoms with Crippen molar-refractivity contribution in [1.82, 2.24) is 9.97 Å². The Balaban J connectivity index is 1.90. The summed E-state index contributed by atoms with van der Waals surface area (Å²) >= 11 is 4.47. The van der Waals surface area contributed by atoms with Crippen molar-refractivity contribution in [2.75, 3.05) is 10.1 Å². The van der Waals surface area contributed by atoms with Crippen molar-refractivity contribution in [3.05, 3.63) is 27.8 Å². The van der Waals surface area contributed by atoms with Crippen molar-refractivity contribution in [2.24, 2.45) is 5.84 Å². The van der Waals surface area contributed by atoms with Gasteiger partial charge in [-0.05, 0) is 34.8 Å². The third-order valence-corrected chi connectivity index (χ3v) is 5.68. The van der Waals surface area contributed by atoms with Crippen LogP contribution in [0.5, 0.6) is 0 Å². The van der Waals surface area contributed by atoms with Crippen molar-refractivity contribution >= 4 is 48.2 Å². The molecule has 0 unspecified atom stereocenters. The van der Waals surface area contributed by atoms with Gasteiger partial charge in [0.15, 0.2) is 10.9 Å². The van der Waals surface area contributed by atoms with Gasteiger partial charge < -0.3 is 5.43 Å². The van der Waals surface area contributed by atoms with Crippen LogP contribution in [0, 0.1) is 0 Å². The molecule has 0 aliphatic heterocycles. The number of sulfonamides is 1. The fraction of sp³-hybridized carbons (Fsp3) is 0.273. The molecule has 21 heavy (non-hydrogen) atoms. The van der Waals surface area contributed by atoms with E-state index in [1.165, 1.54) is 23.6 Å². The van der Waals surface area contributed by atoms with Gasteiger partial charge in [0.25, 0.3) is 10.0 Å². The summed E-state index contributed by atoms with van der Waals surface area (Å²) in [4.78, 5) is 8.19. The van der Waals surface area contributed by atoms with Crippen LogP contribution in [0.3, 0.4) is 0 Å². The molecule has 0 amide bonds. The highest BCUT2D eigenvalue weighted by molar-refractivity contribution is 9.10. The number of anilines is 2. The summed E-state index contributed by atoms with van der Waals surface area (Å²) in [5, 5.41) is 2.23. The Kier molecular flexibility index (Phi) is 3.86. The number of rotatable bonds is 5. The molecule has 4 N–H and O–H groups in total. The molecule has 1 aliphatic rings. The normalized spacial score (nSPS) is 15.0. The van der Waals surface area contributed by atoms with Gasteiger partial charge in [0.2, 0.25) is 0 Å². The highest BCUT2D eigenvalue weighted by Crippen LogP contribution is 2.41. The van der Waals surface area contributed by atoms with Crippen LogP contribution in [0.1, 0.15) is 24.5 Å². The third kappa shape index (κ3) is 3.18.